The molecule has 1 aliphatic rings. The summed E-state index contributed by atoms with van der Waals surface area (Å²) in [7, 11) is 1.70. The molecule has 1 aromatic rings. The summed E-state index contributed by atoms with van der Waals surface area (Å²) in [4.78, 5) is 28.3. The lowest BCUT2D eigenvalue weighted by Crippen LogP contribution is -2.52. The van der Waals surface area contributed by atoms with Crippen molar-refractivity contribution < 1.29 is 24.2 Å². The van der Waals surface area contributed by atoms with Gasteiger partial charge in [-0.05, 0) is 45.6 Å². The number of carbonyl (C=O) groups excluding carboxylic acids is 2. The van der Waals surface area contributed by atoms with Crippen LogP contribution in [0.2, 0.25) is 0 Å². The van der Waals surface area contributed by atoms with Gasteiger partial charge in [0.15, 0.2) is 0 Å². The average Bonchev–Trinajstić information content (AvgIpc) is 3.09. The lowest BCUT2D eigenvalue weighted by molar-refractivity contribution is 0.0219. The van der Waals surface area contributed by atoms with Gasteiger partial charge < -0.3 is 24.4 Å². The van der Waals surface area contributed by atoms with Crippen molar-refractivity contribution in [3.05, 3.63) is 35.9 Å². The molecule has 0 spiro atoms. The van der Waals surface area contributed by atoms with Crippen molar-refractivity contribution in [2.24, 2.45) is 0 Å². The zero-order valence-electron chi connectivity index (χ0n) is 17.3. The summed E-state index contributed by atoms with van der Waals surface area (Å²) >= 11 is 0. The molecule has 2 rings (SSSR count). The van der Waals surface area contributed by atoms with E-state index in [2.05, 4.69) is 0 Å². The van der Waals surface area contributed by atoms with E-state index in [-0.39, 0.29) is 19.3 Å². The summed E-state index contributed by atoms with van der Waals surface area (Å²) < 4.78 is 10.9. The fourth-order valence-electron chi connectivity index (χ4n) is 3.40. The van der Waals surface area contributed by atoms with Gasteiger partial charge in [0.2, 0.25) is 0 Å². The first-order valence-electron chi connectivity index (χ1n) is 9.70. The predicted molar refractivity (Wildman–Crippen MR) is 106 cm³/mol. The topological polar surface area (TPSA) is 79.3 Å². The monoisotopic (exact) mass is 392 g/mol. The molecule has 0 bridgehead atoms. The van der Waals surface area contributed by atoms with Crippen LogP contribution in [-0.4, -0.2) is 65.0 Å². The minimum atomic E-state index is -0.576. The number of aliphatic hydroxyl groups is 1. The largest absolute Gasteiger partial charge is 0.445 e. The van der Waals surface area contributed by atoms with E-state index in [1.54, 1.807) is 16.8 Å². The zero-order chi connectivity index (χ0) is 20.8. The van der Waals surface area contributed by atoms with Gasteiger partial charge in [0.1, 0.15) is 12.2 Å². The molecule has 0 aromatic heterocycles. The number of likely N-dealkylation sites (N-methyl/N-ethyl adjacent to an activating group) is 1. The summed E-state index contributed by atoms with van der Waals surface area (Å²) in [5.41, 5.74) is -0.239. The summed E-state index contributed by atoms with van der Waals surface area (Å²) in [6.07, 6.45) is 0.915. The molecular formula is C21H32N2O5. The van der Waals surface area contributed by atoms with Crippen LogP contribution in [0.25, 0.3) is 0 Å². The van der Waals surface area contributed by atoms with Crippen molar-refractivity contribution >= 4 is 12.2 Å². The number of hydrogen-bond acceptors (Lipinski definition) is 5. The van der Waals surface area contributed by atoms with Crippen LogP contribution in [0.5, 0.6) is 0 Å². The van der Waals surface area contributed by atoms with Crippen LogP contribution in [0.3, 0.4) is 0 Å². The van der Waals surface area contributed by atoms with Crippen molar-refractivity contribution in [3.8, 4) is 0 Å². The molecule has 1 aromatic carbocycles. The first-order chi connectivity index (χ1) is 13.2. The number of aliphatic hydroxyl groups excluding tert-OH is 1. The van der Waals surface area contributed by atoms with Crippen molar-refractivity contribution in [3.63, 3.8) is 0 Å². The molecule has 0 saturated carbocycles. The molecule has 1 N–H and O–H groups in total. The molecule has 7 nitrogen and oxygen atoms in total. The third-order valence-corrected chi connectivity index (χ3v) is 4.97. The van der Waals surface area contributed by atoms with Gasteiger partial charge >= 0.3 is 12.2 Å². The van der Waals surface area contributed by atoms with Gasteiger partial charge in [-0.2, -0.15) is 0 Å². The van der Waals surface area contributed by atoms with E-state index in [4.69, 9.17) is 9.47 Å². The van der Waals surface area contributed by atoms with E-state index < -0.39 is 17.2 Å². The van der Waals surface area contributed by atoms with Gasteiger partial charge in [-0.1, -0.05) is 30.3 Å². The molecule has 7 heteroatoms. The number of benzene rings is 1. The molecule has 2 amide bonds. The van der Waals surface area contributed by atoms with Gasteiger partial charge in [-0.15, -0.1) is 0 Å². The maximum absolute atomic E-state index is 12.7. The quantitative estimate of drug-likeness (QED) is 0.803. The third-order valence-electron chi connectivity index (χ3n) is 4.97. The second kappa shape index (κ2) is 9.28. The van der Waals surface area contributed by atoms with E-state index >= 15 is 0 Å². The van der Waals surface area contributed by atoms with Gasteiger partial charge in [0.05, 0.1) is 5.54 Å². The Labute approximate surface area is 167 Å². The third kappa shape index (κ3) is 5.86. The molecule has 0 aliphatic carbocycles. The van der Waals surface area contributed by atoms with E-state index in [1.807, 2.05) is 51.1 Å². The Morgan fingerprint density at radius 2 is 1.93 bits per heavy atom. The zero-order valence-corrected chi connectivity index (χ0v) is 17.3. The van der Waals surface area contributed by atoms with Crippen molar-refractivity contribution in [2.75, 3.05) is 26.7 Å². The second-order valence-corrected chi connectivity index (χ2v) is 8.30. The van der Waals surface area contributed by atoms with Crippen LogP contribution < -0.4 is 0 Å². The van der Waals surface area contributed by atoms with Crippen molar-refractivity contribution in [1.82, 2.24) is 9.80 Å². The Balaban J connectivity index is 2.05. The summed E-state index contributed by atoms with van der Waals surface area (Å²) in [5, 5.41) is 9.30. The number of likely N-dealkylation sites (tertiary alicyclic amines) is 1. The number of rotatable bonds is 6. The van der Waals surface area contributed by atoms with Crippen LogP contribution in [-0.2, 0) is 16.1 Å². The van der Waals surface area contributed by atoms with Gasteiger partial charge in [0.25, 0.3) is 0 Å². The van der Waals surface area contributed by atoms with E-state index in [0.717, 1.165) is 5.56 Å². The molecule has 1 atom stereocenters. The number of ether oxygens (including phenoxy) is 2. The standard InChI is InChI=1S/C21H32N2O5/c1-20(2,3)28-19(26)23-13-12-21(16-23,11-8-14-24)22(4)18(25)27-15-17-9-6-5-7-10-17/h5-7,9-10,24H,8,11-16H2,1-4H3. The predicted octanol–water partition coefficient (Wildman–Crippen LogP) is 3.41. The highest BCUT2D eigenvalue weighted by atomic mass is 16.6. The van der Waals surface area contributed by atoms with Crippen molar-refractivity contribution in [1.29, 1.82) is 0 Å². The number of hydrogen-bond donors (Lipinski definition) is 1. The Kier molecular flexibility index (Phi) is 7.29. The first kappa shape index (κ1) is 22.0. The maximum atomic E-state index is 12.7. The molecule has 1 saturated heterocycles. The Morgan fingerprint density at radius 1 is 1.25 bits per heavy atom. The Bertz CT molecular complexity index is 659. The fourth-order valence-corrected chi connectivity index (χ4v) is 3.40. The lowest BCUT2D eigenvalue weighted by Gasteiger charge is -2.38. The minimum absolute atomic E-state index is 0.0289. The Morgan fingerprint density at radius 3 is 2.54 bits per heavy atom. The highest BCUT2D eigenvalue weighted by Crippen LogP contribution is 2.33. The lowest BCUT2D eigenvalue weighted by atomic mass is 9.91. The van der Waals surface area contributed by atoms with Crippen LogP contribution >= 0.6 is 0 Å². The first-order valence-corrected chi connectivity index (χ1v) is 9.70. The Hall–Kier alpha value is -2.28. The molecule has 156 valence electrons. The summed E-state index contributed by atoms with van der Waals surface area (Å²) in [6.45, 7) is 6.56. The van der Waals surface area contributed by atoms with Crippen LogP contribution in [0, 0.1) is 0 Å². The molecular weight excluding hydrogens is 360 g/mol. The summed E-state index contributed by atoms with van der Waals surface area (Å²) in [5.74, 6) is 0. The SMILES string of the molecule is CN(C(=O)OCc1ccccc1)C1(CCCO)CCN(C(=O)OC(C)(C)C)C1. The van der Waals surface area contributed by atoms with Gasteiger partial charge in [-0.3, -0.25) is 0 Å². The smallest absolute Gasteiger partial charge is 0.410 e. The van der Waals surface area contributed by atoms with Gasteiger partial charge in [-0.25, -0.2) is 9.59 Å². The molecule has 28 heavy (non-hydrogen) atoms. The molecule has 1 heterocycles. The normalized spacial score (nSPS) is 19.4. The van der Waals surface area contributed by atoms with E-state index in [1.165, 1.54) is 0 Å². The number of amides is 2. The fraction of sp³-hybridized carbons (Fsp3) is 0.619. The van der Waals surface area contributed by atoms with Crippen LogP contribution in [0.1, 0.15) is 45.6 Å². The van der Waals surface area contributed by atoms with Crippen LogP contribution in [0.4, 0.5) is 9.59 Å². The minimum Gasteiger partial charge on any atom is -0.445 e. The van der Waals surface area contributed by atoms with E-state index in [0.29, 0.717) is 32.4 Å². The van der Waals surface area contributed by atoms with E-state index in [9.17, 15) is 14.7 Å². The highest BCUT2D eigenvalue weighted by Gasteiger charge is 2.46. The molecule has 1 fully saturated rings. The maximum Gasteiger partial charge on any atom is 0.410 e. The number of carbonyl (C=O) groups is 2. The number of nitrogens with zero attached hydrogens (tertiary/aromatic N) is 2. The second-order valence-electron chi connectivity index (χ2n) is 8.30. The molecule has 1 unspecified atom stereocenters. The van der Waals surface area contributed by atoms with Crippen LogP contribution in [0.15, 0.2) is 30.3 Å². The molecule has 1 aliphatic heterocycles. The molecule has 0 radical (unpaired) electrons. The summed E-state index contributed by atoms with van der Waals surface area (Å²) in [6, 6.07) is 9.49. The average molecular weight is 392 g/mol. The van der Waals surface area contributed by atoms with Gasteiger partial charge in [0, 0.05) is 26.7 Å². The van der Waals surface area contributed by atoms with Crippen molar-refractivity contribution in [2.45, 2.75) is 57.8 Å². The highest BCUT2D eigenvalue weighted by molar-refractivity contribution is 5.71.